The molecule has 11 heteroatoms. The molecule has 0 atom stereocenters. The standard InChI is InChI=1S/C12H12ClN5O5/c1-22-9-4-10(23-2)8(3-7(9)13)15-11(19)5-17-6-14-12(16-17)18(20)21/h3-4,6H,5H2,1-2H3,(H,15,19). The van der Waals surface area contributed by atoms with E-state index in [0.717, 1.165) is 11.0 Å². The number of halogens is 1. The predicted molar refractivity (Wildman–Crippen MR) is 79.9 cm³/mol. The summed E-state index contributed by atoms with van der Waals surface area (Å²) in [5.74, 6) is -0.315. The number of hydrogen-bond donors (Lipinski definition) is 1. The van der Waals surface area contributed by atoms with E-state index in [4.69, 9.17) is 21.1 Å². The van der Waals surface area contributed by atoms with E-state index in [2.05, 4.69) is 15.4 Å². The molecule has 10 nitrogen and oxygen atoms in total. The summed E-state index contributed by atoms with van der Waals surface area (Å²) in [5, 5.41) is 16.9. The van der Waals surface area contributed by atoms with Crippen LogP contribution in [0.25, 0.3) is 0 Å². The van der Waals surface area contributed by atoms with Crippen molar-refractivity contribution in [3.8, 4) is 11.5 Å². The van der Waals surface area contributed by atoms with Crippen LogP contribution in [0.1, 0.15) is 0 Å². The van der Waals surface area contributed by atoms with Gasteiger partial charge in [-0.05, 0) is 11.0 Å². The minimum absolute atomic E-state index is 0.256. The number of nitrogens with one attached hydrogen (secondary N) is 1. The van der Waals surface area contributed by atoms with Crippen molar-refractivity contribution in [2.75, 3.05) is 19.5 Å². The van der Waals surface area contributed by atoms with Gasteiger partial charge < -0.3 is 24.9 Å². The highest BCUT2D eigenvalue weighted by Gasteiger charge is 2.17. The molecule has 122 valence electrons. The number of ether oxygens (including phenoxy) is 2. The minimum atomic E-state index is -0.749. The first kappa shape index (κ1) is 16.5. The highest BCUT2D eigenvalue weighted by atomic mass is 35.5. The lowest BCUT2D eigenvalue weighted by molar-refractivity contribution is -0.394. The van der Waals surface area contributed by atoms with Crippen LogP contribution in [0.2, 0.25) is 5.02 Å². The van der Waals surface area contributed by atoms with Gasteiger partial charge in [-0.2, -0.15) is 4.68 Å². The van der Waals surface area contributed by atoms with Gasteiger partial charge in [-0.1, -0.05) is 16.6 Å². The Bertz CT molecular complexity index is 747. The van der Waals surface area contributed by atoms with Crippen LogP contribution in [0.5, 0.6) is 11.5 Å². The van der Waals surface area contributed by atoms with Crippen LogP contribution in [0, 0.1) is 10.1 Å². The summed E-state index contributed by atoms with van der Waals surface area (Å²) in [6, 6.07) is 3.00. The molecular weight excluding hydrogens is 330 g/mol. The quantitative estimate of drug-likeness (QED) is 0.624. The average molecular weight is 342 g/mol. The molecule has 0 aliphatic heterocycles. The first-order valence-corrected chi connectivity index (χ1v) is 6.57. The maximum absolute atomic E-state index is 12.0. The fraction of sp³-hybridized carbons (Fsp3) is 0.250. The van der Waals surface area contributed by atoms with Crippen molar-refractivity contribution in [2.45, 2.75) is 6.54 Å². The third-order valence-corrected chi connectivity index (χ3v) is 3.04. The van der Waals surface area contributed by atoms with Gasteiger partial charge in [-0.15, -0.1) is 0 Å². The van der Waals surface area contributed by atoms with Crippen molar-refractivity contribution in [3.63, 3.8) is 0 Å². The fourth-order valence-electron chi connectivity index (χ4n) is 1.74. The summed E-state index contributed by atoms with van der Waals surface area (Å²) in [4.78, 5) is 25.2. The number of rotatable bonds is 6. The van der Waals surface area contributed by atoms with E-state index < -0.39 is 16.8 Å². The minimum Gasteiger partial charge on any atom is -0.495 e. The molecule has 0 radical (unpaired) electrons. The molecule has 0 bridgehead atoms. The van der Waals surface area contributed by atoms with Gasteiger partial charge >= 0.3 is 5.95 Å². The van der Waals surface area contributed by atoms with E-state index in [0.29, 0.717) is 22.2 Å². The lowest BCUT2D eigenvalue weighted by Crippen LogP contribution is -2.19. The van der Waals surface area contributed by atoms with Crippen molar-refractivity contribution in [1.82, 2.24) is 14.8 Å². The van der Waals surface area contributed by atoms with Gasteiger partial charge in [-0.25, -0.2) is 0 Å². The second kappa shape index (κ2) is 6.92. The van der Waals surface area contributed by atoms with E-state index in [1.54, 1.807) is 0 Å². The number of nitro groups is 1. The highest BCUT2D eigenvalue weighted by Crippen LogP contribution is 2.35. The number of carbonyl (C=O) groups excluding carboxylic acids is 1. The predicted octanol–water partition coefficient (Wildman–Crippen LogP) is 1.50. The van der Waals surface area contributed by atoms with Gasteiger partial charge in [0.25, 0.3) is 0 Å². The first-order chi connectivity index (χ1) is 10.9. The Balaban J connectivity index is 2.13. The van der Waals surface area contributed by atoms with Crippen LogP contribution in [-0.4, -0.2) is 39.8 Å². The molecule has 0 fully saturated rings. The van der Waals surface area contributed by atoms with Crippen molar-refractivity contribution in [2.24, 2.45) is 0 Å². The second-order valence-electron chi connectivity index (χ2n) is 4.23. The maximum Gasteiger partial charge on any atom is 0.490 e. The van der Waals surface area contributed by atoms with Crippen molar-refractivity contribution in [1.29, 1.82) is 0 Å². The Morgan fingerprint density at radius 1 is 1.39 bits per heavy atom. The average Bonchev–Trinajstić information content (AvgIpc) is 2.96. The van der Waals surface area contributed by atoms with Gasteiger partial charge in [0.05, 0.1) is 24.9 Å². The molecular formula is C12H12ClN5O5. The van der Waals surface area contributed by atoms with Crippen LogP contribution in [0.3, 0.4) is 0 Å². The van der Waals surface area contributed by atoms with E-state index in [-0.39, 0.29) is 6.54 Å². The monoisotopic (exact) mass is 341 g/mol. The molecule has 1 aromatic heterocycles. The molecule has 2 rings (SSSR count). The molecule has 0 aliphatic carbocycles. The van der Waals surface area contributed by atoms with Gasteiger partial charge in [0, 0.05) is 11.2 Å². The zero-order valence-electron chi connectivity index (χ0n) is 12.1. The fourth-order valence-corrected chi connectivity index (χ4v) is 1.98. The molecule has 0 aliphatic rings. The second-order valence-corrected chi connectivity index (χ2v) is 4.64. The number of aromatic nitrogens is 3. The zero-order chi connectivity index (χ0) is 17.0. The van der Waals surface area contributed by atoms with E-state index >= 15 is 0 Å². The summed E-state index contributed by atoms with van der Waals surface area (Å²) < 4.78 is 11.3. The van der Waals surface area contributed by atoms with Crippen LogP contribution in [0.15, 0.2) is 18.5 Å². The Morgan fingerprint density at radius 3 is 2.65 bits per heavy atom. The lowest BCUT2D eigenvalue weighted by atomic mass is 10.2. The van der Waals surface area contributed by atoms with Crippen molar-refractivity contribution in [3.05, 3.63) is 33.6 Å². The Morgan fingerprint density at radius 2 is 2.09 bits per heavy atom. The molecule has 0 spiro atoms. The Labute approximate surface area is 135 Å². The number of nitrogens with zero attached hydrogens (tertiary/aromatic N) is 4. The van der Waals surface area contributed by atoms with Crippen molar-refractivity contribution >= 4 is 29.1 Å². The van der Waals surface area contributed by atoms with Crippen LogP contribution in [-0.2, 0) is 11.3 Å². The summed E-state index contributed by atoms with van der Waals surface area (Å²) >= 11 is 6.01. The van der Waals surface area contributed by atoms with E-state index in [1.807, 2.05) is 0 Å². The molecule has 1 amide bonds. The van der Waals surface area contributed by atoms with E-state index in [1.165, 1.54) is 26.4 Å². The molecule has 1 aromatic carbocycles. The number of hydrogen-bond acceptors (Lipinski definition) is 7. The summed E-state index contributed by atoms with van der Waals surface area (Å²) in [5.41, 5.74) is 0.331. The van der Waals surface area contributed by atoms with Gasteiger partial charge in [0.1, 0.15) is 18.0 Å². The Kier molecular flexibility index (Phi) is 4.96. The van der Waals surface area contributed by atoms with Gasteiger partial charge in [-0.3, -0.25) is 4.79 Å². The van der Waals surface area contributed by atoms with Crippen LogP contribution >= 0.6 is 11.6 Å². The molecule has 0 saturated carbocycles. The molecule has 0 saturated heterocycles. The maximum atomic E-state index is 12.0. The third-order valence-electron chi connectivity index (χ3n) is 2.74. The number of amides is 1. The highest BCUT2D eigenvalue weighted by molar-refractivity contribution is 6.32. The largest absolute Gasteiger partial charge is 0.495 e. The summed E-state index contributed by atoms with van der Waals surface area (Å²) in [6.45, 7) is -0.256. The van der Waals surface area contributed by atoms with Gasteiger partial charge in [0.2, 0.25) is 12.2 Å². The number of benzene rings is 1. The molecule has 23 heavy (non-hydrogen) atoms. The molecule has 1 N–H and O–H groups in total. The van der Waals surface area contributed by atoms with Crippen LogP contribution in [0.4, 0.5) is 11.6 Å². The first-order valence-electron chi connectivity index (χ1n) is 6.19. The normalized spacial score (nSPS) is 10.2. The Hall–Kier alpha value is -2.88. The molecule has 1 heterocycles. The number of carbonyl (C=O) groups is 1. The molecule has 0 unspecified atom stereocenters. The molecule has 2 aromatic rings. The smallest absolute Gasteiger partial charge is 0.490 e. The topological polar surface area (TPSA) is 121 Å². The zero-order valence-corrected chi connectivity index (χ0v) is 12.9. The number of anilines is 1. The third kappa shape index (κ3) is 3.86. The SMILES string of the molecule is COc1cc(OC)c(NC(=O)Cn2cnc([N+](=O)[O-])n2)cc1Cl. The summed E-state index contributed by atoms with van der Waals surface area (Å²) in [6.07, 6.45) is 1.09. The summed E-state index contributed by atoms with van der Waals surface area (Å²) in [7, 11) is 2.88. The lowest BCUT2D eigenvalue weighted by Gasteiger charge is -2.12. The van der Waals surface area contributed by atoms with Crippen molar-refractivity contribution < 1.29 is 19.2 Å². The number of methoxy groups -OCH3 is 2. The van der Waals surface area contributed by atoms with Gasteiger partial charge in [0.15, 0.2) is 0 Å². The van der Waals surface area contributed by atoms with Crippen LogP contribution < -0.4 is 14.8 Å². The van der Waals surface area contributed by atoms with E-state index in [9.17, 15) is 14.9 Å².